The van der Waals surface area contributed by atoms with E-state index in [1.54, 1.807) is 24.3 Å². The van der Waals surface area contributed by atoms with Gasteiger partial charge in [-0.2, -0.15) is 0 Å². The number of anilines is 1. The summed E-state index contributed by atoms with van der Waals surface area (Å²) in [5.41, 5.74) is 1.83. The second-order valence-electron chi connectivity index (χ2n) is 7.08. The fourth-order valence-electron chi connectivity index (χ4n) is 3.14. The first kappa shape index (κ1) is 21.4. The van der Waals surface area contributed by atoms with Gasteiger partial charge < -0.3 is 5.32 Å². The van der Waals surface area contributed by atoms with Gasteiger partial charge in [-0.1, -0.05) is 18.2 Å². The van der Waals surface area contributed by atoms with Gasteiger partial charge in [0, 0.05) is 24.8 Å². The molecule has 4 aromatic rings. The Hall–Kier alpha value is -3.79. The van der Waals surface area contributed by atoms with Crippen LogP contribution in [0.2, 0.25) is 0 Å². The molecule has 0 bridgehead atoms. The third-order valence-electron chi connectivity index (χ3n) is 4.75. The van der Waals surface area contributed by atoms with Crippen molar-refractivity contribution in [1.29, 1.82) is 0 Å². The first-order valence-corrected chi connectivity index (χ1v) is 11.3. The van der Waals surface area contributed by atoms with Crippen molar-refractivity contribution < 1.29 is 17.6 Å². The lowest BCUT2D eigenvalue weighted by Gasteiger charge is -2.09. The fraction of sp³-hybridized carbons (Fsp3) is 0.136. The largest absolute Gasteiger partial charge is 0.355 e. The molecule has 2 aromatic heterocycles. The smallest absolute Gasteiger partial charge is 0.261 e. The number of nitrogens with one attached hydrogen (secondary N) is 2. The zero-order valence-electron chi connectivity index (χ0n) is 16.9. The minimum atomic E-state index is -3.82. The Bertz CT molecular complexity index is 1340. The number of carbonyl (C=O) groups excluding carboxylic acids is 1. The summed E-state index contributed by atoms with van der Waals surface area (Å²) in [6.07, 6.45) is 2.57. The highest BCUT2D eigenvalue weighted by Gasteiger charge is 2.14. The molecular formula is C22H20FN5O3S. The van der Waals surface area contributed by atoms with Crippen molar-refractivity contribution >= 4 is 27.3 Å². The highest BCUT2D eigenvalue weighted by atomic mass is 32.2. The van der Waals surface area contributed by atoms with Crippen LogP contribution in [0.25, 0.3) is 5.65 Å². The third kappa shape index (κ3) is 5.09. The SMILES string of the molecule is O=C(Cc1ccc(NS(=O)(=O)c2ccc(F)cc2)cc1)NCCc1nnc2ccccn12. The molecule has 2 aromatic carbocycles. The minimum Gasteiger partial charge on any atom is -0.355 e. The molecule has 0 aliphatic heterocycles. The molecule has 1 amide bonds. The van der Waals surface area contributed by atoms with Crippen molar-refractivity contribution in [3.05, 3.63) is 90.1 Å². The van der Waals surface area contributed by atoms with Crippen molar-refractivity contribution in [2.75, 3.05) is 11.3 Å². The molecule has 164 valence electrons. The monoisotopic (exact) mass is 453 g/mol. The Labute approximate surface area is 184 Å². The van der Waals surface area contributed by atoms with Crippen LogP contribution in [0.3, 0.4) is 0 Å². The molecule has 0 radical (unpaired) electrons. The van der Waals surface area contributed by atoms with Crippen LogP contribution in [0.5, 0.6) is 0 Å². The third-order valence-corrected chi connectivity index (χ3v) is 6.15. The van der Waals surface area contributed by atoms with Crippen LogP contribution in [0.1, 0.15) is 11.4 Å². The van der Waals surface area contributed by atoms with E-state index in [1.165, 1.54) is 12.1 Å². The average molecular weight is 453 g/mol. The van der Waals surface area contributed by atoms with Gasteiger partial charge in [-0.15, -0.1) is 10.2 Å². The second-order valence-corrected chi connectivity index (χ2v) is 8.76. The van der Waals surface area contributed by atoms with Gasteiger partial charge in [0.05, 0.1) is 11.3 Å². The van der Waals surface area contributed by atoms with Crippen LogP contribution in [0.15, 0.2) is 77.8 Å². The van der Waals surface area contributed by atoms with Crippen LogP contribution in [-0.4, -0.2) is 35.5 Å². The highest BCUT2D eigenvalue weighted by molar-refractivity contribution is 7.92. The number of hydrogen-bond acceptors (Lipinski definition) is 5. The van der Waals surface area contributed by atoms with Gasteiger partial charge in [-0.3, -0.25) is 13.9 Å². The summed E-state index contributed by atoms with van der Waals surface area (Å²) in [5, 5.41) is 11.1. The molecule has 0 atom stereocenters. The number of carbonyl (C=O) groups is 1. The van der Waals surface area contributed by atoms with Gasteiger partial charge in [0.2, 0.25) is 5.91 Å². The fourth-order valence-corrected chi connectivity index (χ4v) is 4.20. The summed E-state index contributed by atoms with van der Waals surface area (Å²) in [6.45, 7) is 0.421. The minimum absolute atomic E-state index is 0.0391. The molecule has 4 rings (SSSR count). The van der Waals surface area contributed by atoms with Gasteiger partial charge in [-0.25, -0.2) is 12.8 Å². The number of hydrogen-bond donors (Lipinski definition) is 2. The number of fused-ring (bicyclic) bond motifs is 1. The van der Waals surface area contributed by atoms with E-state index in [0.29, 0.717) is 18.7 Å². The first-order valence-electron chi connectivity index (χ1n) is 9.83. The lowest BCUT2D eigenvalue weighted by atomic mass is 10.1. The van der Waals surface area contributed by atoms with E-state index in [-0.39, 0.29) is 17.2 Å². The number of nitrogens with zero attached hydrogens (tertiary/aromatic N) is 3. The molecule has 0 spiro atoms. The van der Waals surface area contributed by atoms with E-state index in [0.717, 1.165) is 29.2 Å². The molecule has 0 aliphatic rings. The van der Waals surface area contributed by atoms with Crippen LogP contribution >= 0.6 is 0 Å². The molecule has 0 fully saturated rings. The van der Waals surface area contributed by atoms with Crippen molar-refractivity contribution in [2.24, 2.45) is 0 Å². The van der Waals surface area contributed by atoms with E-state index in [1.807, 2.05) is 28.8 Å². The summed E-state index contributed by atoms with van der Waals surface area (Å²) in [5.74, 6) is 0.0959. The number of rotatable bonds is 8. The van der Waals surface area contributed by atoms with Crippen LogP contribution < -0.4 is 10.0 Å². The van der Waals surface area contributed by atoms with Gasteiger partial charge in [0.25, 0.3) is 10.0 Å². The molecular weight excluding hydrogens is 433 g/mol. The lowest BCUT2D eigenvalue weighted by Crippen LogP contribution is -2.27. The quantitative estimate of drug-likeness (QED) is 0.427. The maximum absolute atomic E-state index is 13.0. The second kappa shape index (κ2) is 9.15. The average Bonchev–Trinajstić information content (AvgIpc) is 3.18. The summed E-state index contributed by atoms with van der Waals surface area (Å²) in [6, 6.07) is 16.7. The van der Waals surface area contributed by atoms with Crippen molar-refractivity contribution in [3.8, 4) is 0 Å². The van der Waals surface area contributed by atoms with Crippen molar-refractivity contribution in [3.63, 3.8) is 0 Å². The van der Waals surface area contributed by atoms with E-state index in [9.17, 15) is 17.6 Å². The van der Waals surface area contributed by atoms with E-state index in [4.69, 9.17) is 0 Å². The summed E-state index contributed by atoms with van der Waals surface area (Å²) < 4.78 is 42.0. The molecule has 2 heterocycles. The molecule has 10 heteroatoms. The normalized spacial score (nSPS) is 11.4. The highest BCUT2D eigenvalue weighted by Crippen LogP contribution is 2.17. The Kier molecular flexibility index (Phi) is 6.13. The molecule has 2 N–H and O–H groups in total. The molecule has 0 saturated carbocycles. The lowest BCUT2D eigenvalue weighted by molar-refractivity contribution is -0.120. The van der Waals surface area contributed by atoms with Crippen molar-refractivity contribution in [2.45, 2.75) is 17.7 Å². The van der Waals surface area contributed by atoms with Gasteiger partial charge in [-0.05, 0) is 54.1 Å². The molecule has 8 nitrogen and oxygen atoms in total. The van der Waals surface area contributed by atoms with E-state index in [2.05, 4.69) is 20.2 Å². The van der Waals surface area contributed by atoms with E-state index < -0.39 is 15.8 Å². The van der Waals surface area contributed by atoms with Gasteiger partial charge >= 0.3 is 0 Å². The first-order chi connectivity index (χ1) is 15.4. The maximum atomic E-state index is 13.0. The zero-order valence-corrected chi connectivity index (χ0v) is 17.7. The predicted octanol–water partition coefficient (Wildman–Crippen LogP) is 2.57. The van der Waals surface area contributed by atoms with Crippen molar-refractivity contribution in [1.82, 2.24) is 19.9 Å². The molecule has 32 heavy (non-hydrogen) atoms. The standard InChI is InChI=1S/C22H20FN5O3S/c23-17-6-10-19(11-7-17)32(30,31)27-18-8-4-16(5-9-18)15-22(29)24-13-12-21-26-25-20-3-1-2-14-28(20)21/h1-11,14,27H,12-13,15H2,(H,24,29). The predicted molar refractivity (Wildman–Crippen MR) is 117 cm³/mol. The number of halogens is 1. The molecule has 0 unspecified atom stereocenters. The summed E-state index contributed by atoms with van der Waals surface area (Å²) >= 11 is 0. The summed E-state index contributed by atoms with van der Waals surface area (Å²) in [4.78, 5) is 12.2. The summed E-state index contributed by atoms with van der Waals surface area (Å²) in [7, 11) is -3.82. The zero-order chi connectivity index (χ0) is 22.6. The Morgan fingerprint density at radius 1 is 0.969 bits per heavy atom. The number of sulfonamides is 1. The maximum Gasteiger partial charge on any atom is 0.261 e. The van der Waals surface area contributed by atoms with Crippen LogP contribution in [-0.2, 0) is 27.7 Å². The Morgan fingerprint density at radius 3 is 2.47 bits per heavy atom. The van der Waals surface area contributed by atoms with Crippen LogP contribution in [0, 0.1) is 5.82 Å². The molecule has 0 aliphatic carbocycles. The van der Waals surface area contributed by atoms with Crippen LogP contribution in [0.4, 0.5) is 10.1 Å². The number of aromatic nitrogens is 3. The number of pyridine rings is 1. The number of amides is 1. The Morgan fingerprint density at radius 2 is 1.72 bits per heavy atom. The van der Waals surface area contributed by atoms with Gasteiger partial charge in [0.15, 0.2) is 5.65 Å². The topological polar surface area (TPSA) is 105 Å². The van der Waals surface area contributed by atoms with E-state index >= 15 is 0 Å². The van der Waals surface area contributed by atoms with Gasteiger partial charge in [0.1, 0.15) is 11.6 Å². The Balaban J connectivity index is 1.29. The molecule has 0 saturated heterocycles. The number of benzene rings is 2.